The lowest BCUT2D eigenvalue weighted by Crippen LogP contribution is -2.26. The van der Waals surface area contributed by atoms with Crippen molar-refractivity contribution in [2.75, 3.05) is 13.1 Å². The lowest BCUT2D eigenvalue weighted by Gasteiger charge is -2.22. The molecule has 17 heavy (non-hydrogen) atoms. The van der Waals surface area contributed by atoms with Crippen molar-refractivity contribution >= 4 is 44.1 Å². The highest BCUT2D eigenvalue weighted by molar-refractivity contribution is 9.10. The number of halogens is 2. The van der Waals surface area contributed by atoms with Crippen LogP contribution in [0.4, 0.5) is 0 Å². The summed E-state index contributed by atoms with van der Waals surface area (Å²) in [5.74, 6) is 0.613. The van der Waals surface area contributed by atoms with Crippen molar-refractivity contribution in [2.24, 2.45) is 0 Å². The van der Waals surface area contributed by atoms with Crippen molar-refractivity contribution in [1.82, 2.24) is 20.3 Å². The largest absolute Gasteiger partial charge is 0.317 e. The van der Waals surface area contributed by atoms with Gasteiger partial charge in [0.05, 0.1) is 0 Å². The third kappa shape index (κ3) is 2.53. The predicted molar refractivity (Wildman–Crippen MR) is 76.8 cm³/mol. The van der Waals surface area contributed by atoms with Gasteiger partial charge < -0.3 is 10.3 Å². The number of fused-ring (bicyclic) bond motifs is 1. The van der Waals surface area contributed by atoms with E-state index >= 15 is 0 Å². The molecule has 92 valence electrons. The van der Waals surface area contributed by atoms with Gasteiger partial charge in [-0.1, -0.05) is 0 Å². The molecule has 0 radical (unpaired) electrons. The molecule has 0 spiro atoms. The Balaban J connectivity index is 0.00000108. The first kappa shape index (κ1) is 13.0. The molecule has 4 nitrogen and oxygen atoms in total. The molecule has 0 bridgehead atoms. The number of rotatable bonds is 1. The predicted octanol–water partition coefficient (Wildman–Crippen LogP) is 2.77. The smallest absolute Gasteiger partial charge is 0.176 e. The Morgan fingerprint density at radius 3 is 2.82 bits per heavy atom. The summed E-state index contributed by atoms with van der Waals surface area (Å²) in [6.45, 7) is 2.19. The van der Waals surface area contributed by atoms with Gasteiger partial charge in [0.2, 0.25) is 0 Å². The van der Waals surface area contributed by atoms with E-state index in [1.54, 1.807) is 0 Å². The molecule has 1 saturated heterocycles. The standard InChI is InChI=1S/C11H13BrN4.BrH/c12-11-15-9-8(3-6-14-10(9)16-11)7-1-4-13-5-2-7;/h3,6-7,13H,1-2,4-5H2,(H,14,15,16);1H. The molecule has 6 heteroatoms. The average molecular weight is 362 g/mol. The quantitative estimate of drug-likeness (QED) is 0.821. The van der Waals surface area contributed by atoms with E-state index in [1.807, 2.05) is 6.20 Å². The van der Waals surface area contributed by atoms with Crippen LogP contribution in [0.2, 0.25) is 0 Å². The van der Waals surface area contributed by atoms with Crippen molar-refractivity contribution < 1.29 is 0 Å². The Bertz CT molecular complexity index is 505. The van der Waals surface area contributed by atoms with Crippen LogP contribution < -0.4 is 5.32 Å². The Morgan fingerprint density at radius 1 is 1.29 bits per heavy atom. The van der Waals surface area contributed by atoms with Crippen LogP contribution in [0.1, 0.15) is 24.3 Å². The van der Waals surface area contributed by atoms with E-state index in [-0.39, 0.29) is 17.0 Å². The highest BCUT2D eigenvalue weighted by atomic mass is 79.9. The number of aromatic amines is 1. The fourth-order valence-corrected chi connectivity index (χ4v) is 2.73. The molecule has 1 aliphatic heterocycles. The molecule has 2 aromatic rings. The zero-order chi connectivity index (χ0) is 11.0. The highest BCUT2D eigenvalue weighted by Gasteiger charge is 2.19. The van der Waals surface area contributed by atoms with Gasteiger partial charge in [0, 0.05) is 6.20 Å². The van der Waals surface area contributed by atoms with Crippen molar-refractivity contribution in [1.29, 1.82) is 0 Å². The molecule has 3 rings (SSSR count). The molecular weight excluding hydrogens is 348 g/mol. The number of hydrogen-bond acceptors (Lipinski definition) is 3. The lowest BCUT2D eigenvalue weighted by molar-refractivity contribution is 0.462. The third-order valence-corrected chi connectivity index (χ3v) is 3.54. The number of piperidine rings is 1. The molecule has 0 aromatic carbocycles. The number of nitrogens with zero attached hydrogens (tertiary/aromatic N) is 2. The molecule has 3 heterocycles. The number of aromatic nitrogens is 3. The van der Waals surface area contributed by atoms with Crippen molar-refractivity contribution in [2.45, 2.75) is 18.8 Å². The van der Waals surface area contributed by atoms with Gasteiger partial charge in [0.25, 0.3) is 0 Å². The van der Waals surface area contributed by atoms with E-state index in [2.05, 4.69) is 42.3 Å². The second-order valence-electron chi connectivity index (χ2n) is 4.15. The molecule has 2 aromatic heterocycles. The summed E-state index contributed by atoms with van der Waals surface area (Å²) in [5.41, 5.74) is 3.22. The maximum Gasteiger partial charge on any atom is 0.176 e. The molecule has 0 aliphatic carbocycles. The van der Waals surface area contributed by atoms with Gasteiger partial charge in [-0.15, -0.1) is 17.0 Å². The van der Waals surface area contributed by atoms with Gasteiger partial charge in [0.1, 0.15) is 5.52 Å². The summed E-state index contributed by atoms with van der Waals surface area (Å²) in [5, 5.41) is 3.38. The van der Waals surface area contributed by atoms with Crippen LogP contribution >= 0.6 is 32.9 Å². The minimum atomic E-state index is 0. The maximum atomic E-state index is 4.47. The monoisotopic (exact) mass is 360 g/mol. The van der Waals surface area contributed by atoms with E-state index in [0.717, 1.165) is 29.0 Å². The number of pyridine rings is 1. The Morgan fingerprint density at radius 2 is 2.06 bits per heavy atom. The molecule has 1 aliphatic rings. The summed E-state index contributed by atoms with van der Waals surface area (Å²) < 4.78 is 0.761. The first-order chi connectivity index (χ1) is 7.84. The van der Waals surface area contributed by atoms with Crippen LogP contribution in [-0.4, -0.2) is 28.0 Å². The average Bonchev–Trinajstić information content (AvgIpc) is 2.70. The van der Waals surface area contributed by atoms with Crippen LogP contribution in [0, 0.1) is 0 Å². The van der Waals surface area contributed by atoms with Crippen LogP contribution in [0.25, 0.3) is 11.2 Å². The van der Waals surface area contributed by atoms with Gasteiger partial charge in [-0.05, 0) is 59.4 Å². The SMILES string of the molecule is Br.Brc1nc2c(C3CCNCC3)ccnc2[nH]1. The molecule has 0 amide bonds. The Kier molecular flexibility index (Phi) is 4.17. The summed E-state index contributed by atoms with van der Waals surface area (Å²) in [6, 6.07) is 2.10. The molecule has 0 atom stereocenters. The maximum absolute atomic E-state index is 4.47. The van der Waals surface area contributed by atoms with E-state index in [0.29, 0.717) is 5.92 Å². The fourth-order valence-electron chi connectivity index (χ4n) is 2.36. The number of nitrogens with one attached hydrogen (secondary N) is 2. The minimum Gasteiger partial charge on any atom is -0.317 e. The van der Waals surface area contributed by atoms with Crippen LogP contribution in [0.3, 0.4) is 0 Å². The van der Waals surface area contributed by atoms with Crippen LogP contribution in [-0.2, 0) is 0 Å². The topological polar surface area (TPSA) is 53.6 Å². The van der Waals surface area contributed by atoms with E-state index in [1.165, 1.54) is 18.4 Å². The van der Waals surface area contributed by atoms with Crippen LogP contribution in [0.15, 0.2) is 17.0 Å². The highest BCUT2D eigenvalue weighted by Crippen LogP contribution is 2.29. The number of imidazole rings is 1. The van der Waals surface area contributed by atoms with Crippen molar-refractivity contribution in [3.8, 4) is 0 Å². The van der Waals surface area contributed by atoms with Crippen molar-refractivity contribution in [3.05, 3.63) is 22.6 Å². The normalized spacial score (nSPS) is 17.0. The molecule has 2 N–H and O–H groups in total. The summed E-state index contributed by atoms with van der Waals surface area (Å²) in [4.78, 5) is 11.9. The molecule has 0 unspecified atom stereocenters. The number of H-pyrrole nitrogens is 1. The Hall–Kier alpha value is -0.460. The molecular formula is C11H14Br2N4. The van der Waals surface area contributed by atoms with Gasteiger partial charge in [-0.2, -0.15) is 0 Å². The van der Waals surface area contributed by atoms with Gasteiger partial charge >= 0.3 is 0 Å². The molecule has 0 saturated carbocycles. The minimum absolute atomic E-state index is 0. The fraction of sp³-hybridized carbons (Fsp3) is 0.455. The summed E-state index contributed by atoms with van der Waals surface area (Å²) in [6.07, 6.45) is 4.23. The van der Waals surface area contributed by atoms with Gasteiger partial charge in [0.15, 0.2) is 10.4 Å². The van der Waals surface area contributed by atoms with E-state index in [9.17, 15) is 0 Å². The van der Waals surface area contributed by atoms with Gasteiger partial charge in [-0.3, -0.25) is 0 Å². The number of hydrogen-bond donors (Lipinski definition) is 2. The molecule has 1 fully saturated rings. The van der Waals surface area contributed by atoms with Crippen LogP contribution in [0.5, 0.6) is 0 Å². The Labute approximate surface area is 119 Å². The van der Waals surface area contributed by atoms with E-state index < -0.39 is 0 Å². The lowest BCUT2D eigenvalue weighted by atomic mass is 9.90. The van der Waals surface area contributed by atoms with Gasteiger partial charge in [-0.25, -0.2) is 9.97 Å². The first-order valence-electron chi connectivity index (χ1n) is 5.55. The second-order valence-corrected chi connectivity index (χ2v) is 4.90. The summed E-state index contributed by atoms with van der Waals surface area (Å²) in [7, 11) is 0. The zero-order valence-electron chi connectivity index (χ0n) is 9.24. The first-order valence-corrected chi connectivity index (χ1v) is 6.35. The van der Waals surface area contributed by atoms with Crippen molar-refractivity contribution in [3.63, 3.8) is 0 Å². The second kappa shape index (κ2) is 5.46. The zero-order valence-corrected chi connectivity index (χ0v) is 12.5. The third-order valence-electron chi connectivity index (χ3n) is 3.17. The van der Waals surface area contributed by atoms with E-state index in [4.69, 9.17) is 0 Å². The summed E-state index contributed by atoms with van der Waals surface area (Å²) >= 11 is 3.36.